The fourth-order valence-corrected chi connectivity index (χ4v) is 2.80. The van der Waals surface area contributed by atoms with Gasteiger partial charge in [-0.15, -0.1) is 0 Å². The van der Waals surface area contributed by atoms with Crippen LogP contribution in [0.2, 0.25) is 0 Å². The fourth-order valence-electron chi connectivity index (χ4n) is 2.80. The number of nitrogens with zero attached hydrogens (tertiary/aromatic N) is 1. The first-order valence-electron chi connectivity index (χ1n) is 9.01. The summed E-state index contributed by atoms with van der Waals surface area (Å²) in [5.41, 5.74) is 5.75. The number of rotatable bonds is 8. The van der Waals surface area contributed by atoms with Gasteiger partial charge in [0, 0.05) is 32.2 Å². The number of likely N-dealkylation sites (tertiary alicyclic amines) is 1. The highest BCUT2D eigenvalue weighted by atomic mass is 16.2. The highest BCUT2D eigenvalue weighted by Gasteiger charge is 2.29. The van der Waals surface area contributed by atoms with Crippen LogP contribution in [0.1, 0.15) is 52.9 Å². The first-order chi connectivity index (χ1) is 11.0. The zero-order valence-corrected chi connectivity index (χ0v) is 14.9. The predicted molar refractivity (Wildman–Crippen MR) is 93.0 cm³/mol. The van der Waals surface area contributed by atoms with Crippen LogP contribution in [0.3, 0.4) is 0 Å². The summed E-state index contributed by atoms with van der Waals surface area (Å²) >= 11 is 0. The molecule has 0 spiro atoms. The predicted octanol–water partition coefficient (Wildman–Crippen LogP) is 1.70. The van der Waals surface area contributed by atoms with Gasteiger partial charge < -0.3 is 21.3 Å². The van der Waals surface area contributed by atoms with E-state index in [0.717, 1.165) is 38.6 Å². The molecule has 0 bridgehead atoms. The van der Waals surface area contributed by atoms with Crippen LogP contribution in [0, 0.1) is 11.8 Å². The van der Waals surface area contributed by atoms with E-state index in [1.54, 1.807) is 4.90 Å². The SMILES string of the molecule is CCCCC(CN)NC(=O)C1CCCN(C(=O)NCC(C)C)C1. The molecule has 1 aliphatic rings. The van der Waals surface area contributed by atoms with Crippen LogP contribution in [0.25, 0.3) is 0 Å². The summed E-state index contributed by atoms with van der Waals surface area (Å²) in [5.74, 6) is 0.342. The highest BCUT2D eigenvalue weighted by molar-refractivity contribution is 5.81. The van der Waals surface area contributed by atoms with E-state index in [0.29, 0.717) is 25.6 Å². The van der Waals surface area contributed by atoms with Crippen LogP contribution in [-0.4, -0.2) is 49.1 Å². The molecule has 134 valence electrons. The van der Waals surface area contributed by atoms with Gasteiger partial charge in [0.2, 0.25) is 5.91 Å². The lowest BCUT2D eigenvalue weighted by atomic mass is 9.96. The van der Waals surface area contributed by atoms with Crippen molar-refractivity contribution in [3.05, 3.63) is 0 Å². The van der Waals surface area contributed by atoms with Gasteiger partial charge in [-0.3, -0.25) is 4.79 Å². The van der Waals surface area contributed by atoms with Gasteiger partial charge in [-0.05, 0) is 25.2 Å². The third-order valence-corrected chi connectivity index (χ3v) is 4.28. The third-order valence-electron chi connectivity index (χ3n) is 4.28. The normalized spacial score (nSPS) is 19.5. The maximum Gasteiger partial charge on any atom is 0.317 e. The smallest absolute Gasteiger partial charge is 0.317 e. The topological polar surface area (TPSA) is 87.5 Å². The number of unbranched alkanes of at least 4 members (excludes halogenated alkanes) is 1. The van der Waals surface area contributed by atoms with E-state index >= 15 is 0 Å². The van der Waals surface area contributed by atoms with E-state index in [-0.39, 0.29) is 23.9 Å². The van der Waals surface area contributed by atoms with Crippen molar-refractivity contribution in [2.75, 3.05) is 26.2 Å². The van der Waals surface area contributed by atoms with Crippen molar-refractivity contribution in [3.8, 4) is 0 Å². The monoisotopic (exact) mass is 326 g/mol. The van der Waals surface area contributed by atoms with Gasteiger partial charge in [0.1, 0.15) is 0 Å². The standard InChI is InChI=1S/C17H34N4O2/c1-4-5-8-15(10-18)20-16(22)14-7-6-9-21(12-14)17(23)19-11-13(2)3/h13-15H,4-12,18H2,1-3H3,(H,19,23)(H,20,22). The van der Waals surface area contributed by atoms with Crippen molar-refractivity contribution in [3.63, 3.8) is 0 Å². The molecule has 0 aromatic carbocycles. The van der Waals surface area contributed by atoms with E-state index in [1.165, 1.54) is 0 Å². The number of hydrogen-bond donors (Lipinski definition) is 3. The van der Waals surface area contributed by atoms with Crippen molar-refractivity contribution in [1.82, 2.24) is 15.5 Å². The van der Waals surface area contributed by atoms with Gasteiger partial charge in [0.05, 0.1) is 5.92 Å². The fraction of sp³-hybridized carbons (Fsp3) is 0.882. The van der Waals surface area contributed by atoms with Crippen molar-refractivity contribution >= 4 is 11.9 Å². The van der Waals surface area contributed by atoms with Crippen molar-refractivity contribution < 1.29 is 9.59 Å². The Labute approximate surface area is 140 Å². The second-order valence-corrected chi connectivity index (χ2v) is 6.95. The molecule has 1 aliphatic heterocycles. The van der Waals surface area contributed by atoms with Gasteiger partial charge in [-0.1, -0.05) is 33.6 Å². The second kappa shape index (κ2) is 10.5. The Morgan fingerprint density at radius 3 is 2.70 bits per heavy atom. The molecule has 23 heavy (non-hydrogen) atoms. The van der Waals surface area contributed by atoms with Gasteiger partial charge in [0.25, 0.3) is 0 Å². The summed E-state index contributed by atoms with van der Waals surface area (Å²) in [6, 6.07) is -0.00912. The summed E-state index contributed by atoms with van der Waals surface area (Å²) in [7, 11) is 0. The van der Waals surface area contributed by atoms with Crippen molar-refractivity contribution in [2.24, 2.45) is 17.6 Å². The summed E-state index contributed by atoms with van der Waals surface area (Å²) in [5, 5.41) is 5.99. The number of hydrogen-bond acceptors (Lipinski definition) is 3. The zero-order valence-electron chi connectivity index (χ0n) is 14.9. The molecule has 4 N–H and O–H groups in total. The molecule has 1 saturated heterocycles. The van der Waals surface area contributed by atoms with Gasteiger partial charge >= 0.3 is 6.03 Å². The van der Waals surface area contributed by atoms with Crippen LogP contribution < -0.4 is 16.4 Å². The molecule has 0 aliphatic carbocycles. The zero-order chi connectivity index (χ0) is 17.2. The molecule has 0 radical (unpaired) electrons. The molecule has 6 heteroatoms. The first-order valence-corrected chi connectivity index (χ1v) is 9.01. The van der Waals surface area contributed by atoms with E-state index < -0.39 is 0 Å². The third kappa shape index (κ3) is 7.20. The Balaban J connectivity index is 2.46. The van der Waals surface area contributed by atoms with E-state index in [9.17, 15) is 9.59 Å². The first kappa shape index (κ1) is 19.7. The Kier molecular flexibility index (Phi) is 8.99. The number of nitrogens with two attached hydrogens (primary N) is 1. The Morgan fingerprint density at radius 1 is 1.35 bits per heavy atom. The lowest BCUT2D eigenvalue weighted by molar-refractivity contribution is -0.127. The number of carbonyl (C=O) groups is 2. The van der Waals surface area contributed by atoms with Crippen LogP contribution in [0.5, 0.6) is 0 Å². The van der Waals surface area contributed by atoms with Crippen LogP contribution in [-0.2, 0) is 4.79 Å². The highest BCUT2D eigenvalue weighted by Crippen LogP contribution is 2.17. The molecule has 6 nitrogen and oxygen atoms in total. The maximum absolute atomic E-state index is 12.4. The van der Waals surface area contributed by atoms with Crippen LogP contribution in [0.15, 0.2) is 0 Å². The molecule has 0 aromatic rings. The molecule has 0 aromatic heterocycles. The largest absolute Gasteiger partial charge is 0.352 e. The molecule has 1 rings (SSSR count). The van der Waals surface area contributed by atoms with Crippen molar-refractivity contribution in [2.45, 2.75) is 58.9 Å². The number of urea groups is 1. The molecular weight excluding hydrogens is 292 g/mol. The lowest BCUT2D eigenvalue weighted by Gasteiger charge is -2.33. The van der Waals surface area contributed by atoms with Crippen LogP contribution in [0.4, 0.5) is 4.79 Å². The van der Waals surface area contributed by atoms with Gasteiger partial charge in [-0.25, -0.2) is 4.79 Å². The molecule has 3 amide bonds. The molecular formula is C17H34N4O2. The van der Waals surface area contributed by atoms with Gasteiger partial charge in [-0.2, -0.15) is 0 Å². The van der Waals surface area contributed by atoms with E-state index in [2.05, 4.69) is 31.4 Å². The maximum atomic E-state index is 12.4. The molecule has 0 saturated carbocycles. The minimum Gasteiger partial charge on any atom is -0.352 e. The number of piperidine rings is 1. The number of amides is 3. The average molecular weight is 326 g/mol. The van der Waals surface area contributed by atoms with E-state index in [1.807, 2.05) is 0 Å². The van der Waals surface area contributed by atoms with E-state index in [4.69, 9.17) is 5.73 Å². The summed E-state index contributed by atoms with van der Waals surface area (Å²) in [4.78, 5) is 26.4. The van der Waals surface area contributed by atoms with Crippen molar-refractivity contribution in [1.29, 1.82) is 0 Å². The van der Waals surface area contributed by atoms with Gasteiger partial charge in [0.15, 0.2) is 0 Å². The summed E-state index contributed by atoms with van der Waals surface area (Å²) in [6.45, 7) is 8.62. The number of nitrogens with one attached hydrogen (secondary N) is 2. The molecule has 2 atom stereocenters. The van der Waals surface area contributed by atoms with Crippen LogP contribution >= 0.6 is 0 Å². The molecule has 1 heterocycles. The number of carbonyl (C=O) groups excluding carboxylic acids is 2. The quantitative estimate of drug-likeness (QED) is 0.634. The Morgan fingerprint density at radius 2 is 2.09 bits per heavy atom. The minimum atomic E-state index is -0.121. The Bertz CT molecular complexity index is 374. The lowest BCUT2D eigenvalue weighted by Crippen LogP contribution is -2.51. The second-order valence-electron chi connectivity index (χ2n) is 6.95. The average Bonchev–Trinajstić information content (AvgIpc) is 2.56. The summed E-state index contributed by atoms with van der Waals surface area (Å²) in [6.07, 6.45) is 4.79. The molecule has 2 unspecified atom stereocenters. The molecule has 1 fully saturated rings. The Hall–Kier alpha value is -1.30. The summed E-state index contributed by atoms with van der Waals surface area (Å²) < 4.78 is 0. The minimum absolute atomic E-state index is 0.0397.